The molecule has 0 aliphatic heterocycles. The Kier molecular flexibility index (Phi) is 3.12. The third kappa shape index (κ3) is 2.58. The normalized spacial score (nSPS) is 20.2. The van der Waals surface area contributed by atoms with Gasteiger partial charge in [-0.15, -0.1) is 11.3 Å². The fourth-order valence-corrected chi connectivity index (χ4v) is 2.87. The minimum absolute atomic E-state index is 0.435. The van der Waals surface area contributed by atoms with Crippen molar-refractivity contribution < 1.29 is 0 Å². The van der Waals surface area contributed by atoms with Crippen LogP contribution in [-0.4, -0.2) is 17.6 Å². The van der Waals surface area contributed by atoms with Crippen LogP contribution in [0.15, 0.2) is 5.38 Å². The SMILES string of the molecule is CCNC(C)Cc1csc(C2(C)CC2)n1. The van der Waals surface area contributed by atoms with Gasteiger partial charge >= 0.3 is 0 Å². The largest absolute Gasteiger partial charge is 0.314 e. The third-order valence-corrected chi connectivity index (χ3v) is 4.33. The molecule has 3 heteroatoms. The van der Waals surface area contributed by atoms with Crippen molar-refractivity contribution in [3.05, 3.63) is 16.1 Å². The van der Waals surface area contributed by atoms with Gasteiger partial charge < -0.3 is 5.32 Å². The third-order valence-electron chi connectivity index (χ3n) is 3.14. The fourth-order valence-electron chi connectivity index (χ4n) is 1.81. The summed E-state index contributed by atoms with van der Waals surface area (Å²) in [6, 6.07) is 0.539. The van der Waals surface area contributed by atoms with E-state index in [1.807, 2.05) is 11.3 Å². The van der Waals surface area contributed by atoms with E-state index in [4.69, 9.17) is 4.98 Å². The molecule has 0 amide bonds. The summed E-state index contributed by atoms with van der Waals surface area (Å²) in [5.74, 6) is 0. The van der Waals surface area contributed by atoms with Gasteiger partial charge in [-0.3, -0.25) is 0 Å². The molecule has 1 fully saturated rings. The Labute approximate surface area is 96.1 Å². The fraction of sp³-hybridized carbons (Fsp3) is 0.750. The molecule has 15 heavy (non-hydrogen) atoms. The Balaban J connectivity index is 1.95. The van der Waals surface area contributed by atoms with Gasteiger partial charge in [-0.2, -0.15) is 0 Å². The zero-order valence-electron chi connectivity index (χ0n) is 9.84. The zero-order chi connectivity index (χ0) is 10.9. The van der Waals surface area contributed by atoms with Crippen LogP contribution in [0.5, 0.6) is 0 Å². The second kappa shape index (κ2) is 4.22. The van der Waals surface area contributed by atoms with Crippen molar-refractivity contribution in [2.24, 2.45) is 0 Å². The van der Waals surface area contributed by atoms with Crippen molar-refractivity contribution >= 4 is 11.3 Å². The van der Waals surface area contributed by atoms with Crippen LogP contribution >= 0.6 is 11.3 Å². The second-order valence-corrected chi connectivity index (χ2v) is 5.73. The van der Waals surface area contributed by atoms with Gasteiger partial charge in [0.15, 0.2) is 0 Å². The lowest BCUT2D eigenvalue weighted by atomic mass is 10.1. The summed E-state index contributed by atoms with van der Waals surface area (Å²) in [5, 5.41) is 7.00. The Morgan fingerprint density at radius 3 is 2.93 bits per heavy atom. The molecule has 84 valence electrons. The molecule has 1 atom stereocenters. The summed E-state index contributed by atoms with van der Waals surface area (Å²) in [6.07, 6.45) is 3.70. The van der Waals surface area contributed by atoms with E-state index in [0.29, 0.717) is 11.5 Å². The average molecular weight is 224 g/mol. The molecule has 2 rings (SSSR count). The molecule has 1 aromatic heterocycles. The van der Waals surface area contributed by atoms with Crippen molar-refractivity contribution in [1.29, 1.82) is 0 Å². The second-order valence-electron chi connectivity index (χ2n) is 4.87. The van der Waals surface area contributed by atoms with Gasteiger partial charge in [-0.25, -0.2) is 4.98 Å². The predicted octanol–water partition coefficient (Wildman–Crippen LogP) is 2.74. The Bertz CT molecular complexity index is 328. The quantitative estimate of drug-likeness (QED) is 0.832. The highest BCUT2D eigenvalue weighted by molar-refractivity contribution is 7.09. The van der Waals surface area contributed by atoms with Crippen molar-refractivity contribution in [3.63, 3.8) is 0 Å². The van der Waals surface area contributed by atoms with Crippen molar-refractivity contribution in [2.75, 3.05) is 6.54 Å². The van der Waals surface area contributed by atoms with Gasteiger partial charge in [-0.1, -0.05) is 13.8 Å². The molecule has 0 saturated heterocycles. The van der Waals surface area contributed by atoms with Crippen molar-refractivity contribution in [3.8, 4) is 0 Å². The first-order valence-electron chi connectivity index (χ1n) is 5.82. The Hall–Kier alpha value is -0.410. The molecular weight excluding hydrogens is 204 g/mol. The van der Waals surface area contributed by atoms with E-state index in [-0.39, 0.29) is 0 Å². The van der Waals surface area contributed by atoms with E-state index >= 15 is 0 Å². The first-order chi connectivity index (χ1) is 7.14. The number of likely N-dealkylation sites (N-methyl/N-ethyl adjacent to an activating group) is 1. The molecule has 0 spiro atoms. The van der Waals surface area contributed by atoms with Gasteiger partial charge in [0.2, 0.25) is 0 Å². The van der Waals surface area contributed by atoms with Crippen LogP contribution in [0.25, 0.3) is 0 Å². The minimum atomic E-state index is 0.435. The molecule has 2 nitrogen and oxygen atoms in total. The maximum absolute atomic E-state index is 4.74. The molecule has 0 bridgehead atoms. The van der Waals surface area contributed by atoms with E-state index < -0.39 is 0 Å². The number of hydrogen-bond acceptors (Lipinski definition) is 3. The standard InChI is InChI=1S/C12H20N2S/c1-4-13-9(2)7-10-8-15-11(14-10)12(3)5-6-12/h8-9,13H,4-7H2,1-3H3. The van der Waals surface area contributed by atoms with Gasteiger partial charge in [0, 0.05) is 23.3 Å². The van der Waals surface area contributed by atoms with Crippen LogP contribution in [0.2, 0.25) is 0 Å². The number of nitrogens with one attached hydrogen (secondary N) is 1. The van der Waals surface area contributed by atoms with Gasteiger partial charge in [0.25, 0.3) is 0 Å². The number of aromatic nitrogens is 1. The minimum Gasteiger partial charge on any atom is -0.314 e. The van der Waals surface area contributed by atoms with E-state index in [0.717, 1.165) is 13.0 Å². The lowest BCUT2D eigenvalue weighted by Gasteiger charge is -2.09. The molecule has 1 heterocycles. The molecular formula is C12H20N2S. The van der Waals surface area contributed by atoms with Crippen molar-refractivity contribution in [2.45, 2.75) is 51.5 Å². The van der Waals surface area contributed by atoms with Crippen LogP contribution in [0.1, 0.15) is 44.3 Å². The molecule has 0 aromatic carbocycles. The number of nitrogens with zero attached hydrogens (tertiary/aromatic N) is 1. The highest BCUT2D eigenvalue weighted by atomic mass is 32.1. The molecule has 1 aliphatic carbocycles. The number of rotatable bonds is 5. The number of thiazole rings is 1. The smallest absolute Gasteiger partial charge is 0.0987 e. The highest BCUT2D eigenvalue weighted by Gasteiger charge is 2.41. The maximum atomic E-state index is 4.74. The lowest BCUT2D eigenvalue weighted by Crippen LogP contribution is -2.27. The van der Waals surface area contributed by atoms with E-state index in [9.17, 15) is 0 Å². The maximum Gasteiger partial charge on any atom is 0.0987 e. The van der Waals surface area contributed by atoms with Gasteiger partial charge in [0.1, 0.15) is 0 Å². The van der Waals surface area contributed by atoms with Crippen LogP contribution in [0, 0.1) is 0 Å². The van der Waals surface area contributed by atoms with Gasteiger partial charge in [-0.05, 0) is 26.3 Å². The van der Waals surface area contributed by atoms with E-state index in [1.54, 1.807) is 0 Å². The summed E-state index contributed by atoms with van der Waals surface area (Å²) in [4.78, 5) is 4.74. The van der Waals surface area contributed by atoms with Crippen molar-refractivity contribution in [1.82, 2.24) is 10.3 Å². The molecule has 0 radical (unpaired) electrons. The molecule has 1 aliphatic rings. The molecule has 1 saturated carbocycles. The molecule has 1 N–H and O–H groups in total. The highest BCUT2D eigenvalue weighted by Crippen LogP contribution is 2.48. The van der Waals surface area contributed by atoms with E-state index in [2.05, 4.69) is 31.5 Å². The summed E-state index contributed by atoms with van der Waals surface area (Å²) in [6.45, 7) is 7.73. The van der Waals surface area contributed by atoms with Crippen LogP contribution < -0.4 is 5.32 Å². The summed E-state index contributed by atoms with van der Waals surface area (Å²) < 4.78 is 0. The lowest BCUT2D eigenvalue weighted by molar-refractivity contribution is 0.559. The van der Waals surface area contributed by atoms with Crippen LogP contribution in [0.3, 0.4) is 0 Å². The monoisotopic (exact) mass is 224 g/mol. The van der Waals surface area contributed by atoms with Crippen LogP contribution in [-0.2, 0) is 11.8 Å². The van der Waals surface area contributed by atoms with Crippen LogP contribution in [0.4, 0.5) is 0 Å². The molecule has 1 aromatic rings. The first-order valence-corrected chi connectivity index (χ1v) is 6.70. The summed E-state index contributed by atoms with van der Waals surface area (Å²) in [5.41, 5.74) is 1.70. The average Bonchev–Trinajstić information content (AvgIpc) is 2.77. The summed E-state index contributed by atoms with van der Waals surface area (Å²) >= 11 is 1.84. The zero-order valence-corrected chi connectivity index (χ0v) is 10.7. The number of hydrogen-bond donors (Lipinski definition) is 1. The van der Waals surface area contributed by atoms with Gasteiger partial charge in [0.05, 0.1) is 10.7 Å². The Morgan fingerprint density at radius 2 is 2.33 bits per heavy atom. The summed E-state index contributed by atoms with van der Waals surface area (Å²) in [7, 11) is 0. The first kappa shape index (κ1) is 11.1. The topological polar surface area (TPSA) is 24.9 Å². The molecule has 1 unspecified atom stereocenters. The predicted molar refractivity (Wildman–Crippen MR) is 65.5 cm³/mol. The Morgan fingerprint density at radius 1 is 1.60 bits per heavy atom. The van der Waals surface area contributed by atoms with E-state index in [1.165, 1.54) is 23.5 Å².